The summed E-state index contributed by atoms with van der Waals surface area (Å²) in [5, 5.41) is 6.50. The molecule has 1 amide bonds. The number of carbonyl (C=O) groups is 1. The maximum absolute atomic E-state index is 12.9. The lowest BCUT2D eigenvalue weighted by molar-refractivity contribution is -0.123. The van der Waals surface area contributed by atoms with E-state index in [2.05, 4.69) is 15.6 Å². The van der Waals surface area contributed by atoms with E-state index in [0.717, 1.165) is 12.0 Å². The molecule has 1 saturated carbocycles. The number of hydrogen-bond donors (Lipinski definition) is 2. The lowest BCUT2D eigenvalue weighted by atomic mass is 9.85. The minimum absolute atomic E-state index is 0. The van der Waals surface area contributed by atoms with E-state index < -0.39 is 0 Å². The van der Waals surface area contributed by atoms with Crippen LogP contribution >= 0.6 is 24.8 Å². The lowest BCUT2D eigenvalue weighted by Gasteiger charge is -2.24. The van der Waals surface area contributed by atoms with Crippen molar-refractivity contribution in [2.24, 2.45) is 5.92 Å². The molecule has 29 heavy (non-hydrogen) atoms. The Hall–Kier alpha value is -1.89. The number of benzene rings is 1. The van der Waals surface area contributed by atoms with Gasteiger partial charge in [-0.05, 0) is 55.0 Å². The summed E-state index contributed by atoms with van der Waals surface area (Å²) in [5.41, 5.74) is 0.908. The SMILES string of the molecule is Cl.Cl.O=C(NCc1ccc(Oc2ccc(F)cc2)nc1)C1CC2CCCCC2N1. The fraction of sp³-hybridized carbons (Fsp3) is 0.429. The number of ether oxygens (including phenoxy) is 1. The first-order valence-corrected chi connectivity index (χ1v) is 9.59. The van der Waals surface area contributed by atoms with Crippen LogP contribution in [-0.2, 0) is 11.3 Å². The summed E-state index contributed by atoms with van der Waals surface area (Å²) in [7, 11) is 0. The molecule has 158 valence electrons. The third kappa shape index (κ3) is 6.04. The third-order valence-corrected chi connectivity index (χ3v) is 5.48. The van der Waals surface area contributed by atoms with Crippen molar-refractivity contribution in [3.05, 3.63) is 54.0 Å². The average Bonchev–Trinajstić information content (AvgIpc) is 3.13. The number of hydrogen-bond acceptors (Lipinski definition) is 4. The summed E-state index contributed by atoms with van der Waals surface area (Å²) in [6.07, 6.45) is 7.60. The van der Waals surface area contributed by atoms with Gasteiger partial charge in [-0.3, -0.25) is 4.79 Å². The van der Waals surface area contributed by atoms with Gasteiger partial charge >= 0.3 is 0 Å². The summed E-state index contributed by atoms with van der Waals surface area (Å²) >= 11 is 0. The molecule has 0 spiro atoms. The van der Waals surface area contributed by atoms with E-state index in [-0.39, 0.29) is 42.6 Å². The Morgan fingerprint density at radius 3 is 2.59 bits per heavy atom. The van der Waals surface area contributed by atoms with Crippen molar-refractivity contribution in [1.29, 1.82) is 0 Å². The Labute approximate surface area is 182 Å². The van der Waals surface area contributed by atoms with Crippen LogP contribution in [0.25, 0.3) is 0 Å². The highest BCUT2D eigenvalue weighted by Crippen LogP contribution is 2.33. The minimum atomic E-state index is -0.308. The molecule has 2 aliphatic rings. The van der Waals surface area contributed by atoms with E-state index >= 15 is 0 Å². The van der Waals surface area contributed by atoms with E-state index in [1.165, 1.54) is 37.8 Å². The molecule has 3 unspecified atom stereocenters. The zero-order valence-corrected chi connectivity index (χ0v) is 17.6. The van der Waals surface area contributed by atoms with Crippen molar-refractivity contribution in [2.45, 2.75) is 50.7 Å². The first kappa shape index (κ1) is 23.4. The smallest absolute Gasteiger partial charge is 0.237 e. The zero-order chi connectivity index (χ0) is 18.6. The third-order valence-electron chi connectivity index (χ3n) is 5.48. The van der Waals surface area contributed by atoms with Crippen LogP contribution in [0.4, 0.5) is 4.39 Å². The standard InChI is InChI=1S/C21H24FN3O2.2ClH/c22-16-6-8-17(9-7-16)27-20-10-5-14(12-23-20)13-24-21(26)19-11-15-3-1-2-4-18(15)25-19;;/h5-10,12,15,18-19,25H,1-4,11,13H2,(H,24,26);2*1H. The molecule has 0 bridgehead atoms. The Morgan fingerprint density at radius 1 is 1.14 bits per heavy atom. The summed E-state index contributed by atoms with van der Waals surface area (Å²) in [4.78, 5) is 16.7. The van der Waals surface area contributed by atoms with Crippen LogP contribution in [0.2, 0.25) is 0 Å². The van der Waals surface area contributed by atoms with Gasteiger partial charge in [0.2, 0.25) is 11.8 Å². The average molecular weight is 442 g/mol. The van der Waals surface area contributed by atoms with Crippen LogP contribution in [0.1, 0.15) is 37.7 Å². The van der Waals surface area contributed by atoms with Crippen molar-refractivity contribution in [3.8, 4) is 11.6 Å². The number of carbonyl (C=O) groups excluding carboxylic acids is 1. The summed E-state index contributed by atoms with van der Waals surface area (Å²) in [6, 6.07) is 9.83. The molecule has 1 aromatic carbocycles. The van der Waals surface area contributed by atoms with E-state index in [1.54, 1.807) is 24.4 Å². The van der Waals surface area contributed by atoms with Crippen LogP contribution in [0.3, 0.4) is 0 Å². The highest BCUT2D eigenvalue weighted by atomic mass is 35.5. The predicted octanol–water partition coefficient (Wildman–Crippen LogP) is 4.39. The van der Waals surface area contributed by atoms with E-state index in [9.17, 15) is 9.18 Å². The fourth-order valence-electron chi connectivity index (χ4n) is 4.03. The number of aromatic nitrogens is 1. The van der Waals surface area contributed by atoms with Gasteiger partial charge in [0.1, 0.15) is 11.6 Å². The number of nitrogens with zero attached hydrogens (tertiary/aromatic N) is 1. The van der Waals surface area contributed by atoms with Crippen molar-refractivity contribution in [1.82, 2.24) is 15.6 Å². The van der Waals surface area contributed by atoms with Gasteiger partial charge in [-0.25, -0.2) is 9.37 Å². The Morgan fingerprint density at radius 2 is 1.90 bits per heavy atom. The first-order chi connectivity index (χ1) is 13.2. The van der Waals surface area contributed by atoms with E-state index in [0.29, 0.717) is 30.1 Å². The number of pyridine rings is 1. The van der Waals surface area contributed by atoms with Crippen LogP contribution < -0.4 is 15.4 Å². The second kappa shape index (κ2) is 10.8. The summed E-state index contributed by atoms with van der Waals surface area (Å²) in [6.45, 7) is 0.441. The molecule has 2 fully saturated rings. The molecule has 8 heteroatoms. The molecule has 5 nitrogen and oxygen atoms in total. The molecular weight excluding hydrogens is 416 g/mol. The molecule has 0 radical (unpaired) electrons. The van der Waals surface area contributed by atoms with Crippen LogP contribution in [0.15, 0.2) is 42.6 Å². The van der Waals surface area contributed by atoms with Crippen LogP contribution in [-0.4, -0.2) is 23.0 Å². The molecule has 1 aliphatic heterocycles. The number of amides is 1. The number of halogens is 3. The maximum Gasteiger partial charge on any atom is 0.237 e. The molecular formula is C21H26Cl2FN3O2. The van der Waals surface area contributed by atoms with Gasteiger partial charge in [-0.2, -0.15) is 0 Å². The fourth-order valence-corrected chi connectivity index (χ4v) is 4.03. The number of fused-ring (bicyclic) bond motifs is 1. The van der Waals surface area contributed by atoms with Crippen LogP contribution in [0, 0.1) is 11.7 Å². The molecule has 1 aliphatic carbocycles. The van der Waals surface area contributed by atoms with Crippen molar-refractivity contribution >= 4 is 30.7 Å². The molecule has 1 aromatic heterocycles. The molecule has 2 aromatic rings. The molecule has 3 atom stereocenters. The van der Waals surface area contributed by atoms with Gasteiger partial charge < -0.3 is 15.4 Å². The van der Waals surface area contributed by atoms with Gasteiger partial charge in [0.05, 0.1) is 6.04 Å². The molecule has 4 rings (SSSR count). The number of rotatable bonds is 5. The van der Waals surface area contributed by atoms with Gasteiger partial charge in [0.25, 0.3) is 0 Å². The topological polar surface area (TPSA) is 63.2 Å². The summed E-state index contributed by atoms with van der Waals surface area (Å²) < 4.78 is 18.5. The molecule has 1 saturated heterocycles. The van der Waals surface area contributed by atoms with Gasteiger partial charge in [0.15, 0.2) is 0 Å². The van der Waals surface area contributed by atoms with E-state index in [1.807, 2.05) is 6.07 Å². The summed E-state index contributed by atoms with van der Waals surface area (Å²) in [5.74, 6) is 1.37. The van der Waals surface area contributed by atoms with Crippen molar-refractivity contribution < 1.29 is 13.9 Å². The Kier molecular flexibility index (Phi) is 8.68. The van der Waals surface area contributed by atoms with Gasteiger partial charge in [0, 0.05) is 24.8 Å². The quantitative estimate of drug-likeness (QED) is 0.721. The predicted molar refractivity (Wildman–Crippen MR) is 114 cm³/mol. The van der Waals surface area contributed by atoms with Crippen molar-refractivity contribution in [2.75, 3.05) is 0 Å². The Bertz CT molecular complexity index is 776. The monoisotopic (exact) mass is 441 g/mol. The maximum atomic E-state index is 12.9. The minimum Gasteiger partial charge on any atom is -0.439 e. The second-order valence-electron chi connectivity index (χ2n) is 7.38. The largest absolute Gasteiger partial charge is 0.439 e. The van der Waals surface area contributed by atoms with Gasteiger partial charge in [-0.1, -0.05) is 18.9 Å². The van der Waals surface area contributed by atoms with Gasteiger partial charge in [-0.15, -0.1) is 24.8 Å². The van der Waals surface area contributed by atoms with Crippen LogP contribution in [0.5, 0.6) is 11.6 Å². The normalized spacial score (nSPS) is 22.6. The lowest BCUT2D eigenvalue weighted by Crippen LogP contribution is -2.42. The van der Waals surface area contributed by atoms with E-state index in [4.69, 9.17) is 4.74 Å². The van der Waals surface area contributed by atoms with Crippen molar-refractivity contribution in [3.63, 3.8) is 0 Å². The number of nitrogens with one attached hydrogen (secondary N) is 2. The highest BCUT2D eigenvalue weighted by Gasteiger charge is 2.37. The first-order valence-electron chi connectivity index (χ1n) is 9.59. The molecule has 2 N–H and O–H groups in total. The zero-order valence-electron chi connectivity index (χ0n) is 16.0. The highest BCUT2D eigenvalue weighted by molar-refractivity contribution is 5.85. The second-order valence-corrected chi connectivity index (χ2v) is 7.38. The Balaban J connectivity index is 0.00000150. The molecule has 2 heterocycles.